The minimum atomic E-state index is -4.47. The van der Waals surface area contributed by atoms with Crippen molar-refractivity contribution < 1.29 is 22.7 Å². The maximum Gasteiger partial charge on any atom is 0.416 e. The zero-order chi connectivity index (χ0) is 14.8. The van der Waals surface area contributed by atoms with E-state index in [4.69, 9.17) is 4.74 Å². The summed E-state index contributed by atoms with van der Waals surface area (Å²) in [5, 5.41) is 0. The van der Waals surface area contributed by atoms with E-state index in [0.717, 1.165) is 36.8 Å². The monoisotopic (exact) mass is 284 g/mol. The van der Waals surface area contributed by atoms with Crippen molar-refractivity contribution in [3.05, 3.63) is 58.3 Å². The number of hydrogen-bond donors (Lipinski definition) is 1. The molecule has 1 N–H and O–H groups in total. The Morgan fingerprint density at radius 2 is 1.85 bits per heavy atom. The summed E-state index contributed by atoms with van der Waals surface area (Å²) in [6.45, 7) is 0. The van der Waals surface area contributed by atoms with E-state index in [-0.39, 0.29) is 11.3 Å². The number of alkyl halides is 3. The average molecular weight is 284 g/mol. The van der Waals surface area contributed by atoms with Crippen molar-refractivity contribution in [3.63, 3.8) is 0 Å². The number of nitrogens with zero attached hydrogens (tertiary/aromatic N) is 1. The van der Waals surface area contributed by atoms with Crippen LogP contribution < -0.4 is 10.3 Å². The van der Waals surface area contributed by atoms with Crippen LogP contribution in [0.5, 0.6) is 5.75 Å². The fourth-order valence-electron chi connectivity index (χ4n) is 1.36. The van der Waals surface area contributed by atoms with Crippen LogP contribution in [0.2, 0.25) is 0 Å². The van der Waals surface area contributed by atoms with Gasteiger partial charge in [0.05, 0.1) is 11.9 Å². The molecule has 5 nitrogen and oxygen atoms in total. The van der Waals surface area contributed by atoms with Gasteiger partial charge in [-0.15, -0.1) is 0 Å². The molecule has 2 aromatic rings. The first kappa shape index (κ1) is 13.8. The molecule has 0 saturated heterocycles. The summed E-state index contributed by atoms with van der Waals surface area (Å²) < 4.78 is 41.8. The van der Waals surface area contributed by atoms with Crippen LogP contribution in [0, 0.1) is 0 Å². The Kier molecular flexibility index (Phi) is 3.55. The number of hydrogen-bond acceptors (Lipinski definition) is 4. The molecule has 0 aliphatic carbocycles. The van der Waals surface area contributed by atoms with Crippen LogP contribution in [-0.2, 0) is 6.18 Å². The van der Waals surface area contributed by atoms with Gasteiger partial charge in [-0.2, -0.15) is 13.2 Å². The van der Waals surface area contributed by atoms with Gasteiger partial charge >= 0.3 is 12.1 Å². The molecule has 0 fully saturated rings. The molecule has 0 atom stereocenters. The Bertz CT molecular complexity index is 677. The molecule has 0 saturated carbocycles. The number of benzene rings is 1. The number of halogens is 3. The zero-order valence-electron chi connectivity index (χ0n) is 9.77. The Morgan fingerprint density at radius 3 is 2.40 bits per heavy atom. The van der Waals surface area contributed by atoms with Gasteiger partial charge in [0.15, 0.2) is 0 Å². The van der Waals surface area contributed by atoms with Gasteiger partial charge in [-0.05, 0) is 24.3 Å². The predicted octanol–water partition coefficient (Wildman–Crippen LogP) is 2.01. The number of rotatable bonds is 2. The van der Waals surface area contributed by atoms with Crippen molar-refractivity contribution in [3.8, 4) is 5.75 Å². The summed E-state index contributed by atoms with van der Waals surface area (Å²) in [6, 6.07) is 3.53. The summed E-state index contributed by atoms with van der Waals surface area (Å²) in [6.07, 6.45) is -2.37. The first-order valence-electron chi connectivity index (χ1n) is 5.30. The predicted molar refractivity (Wildman–Crippen MR) is 61.3 cm³/mol. The van der Waals surface area contributed by atoms with Crippen LogP contribution in [0.25, 0.3) is 0 Å². The van der Waals surface area contributed by atoms with Gasteiger partial charge < -0.3 is 9.72 Å². The first-order chi connectivity index (χ1) is 9.38. The molecular formula is C12H7F3N2O3. The number of aromatic nitrogens is 2. The minimum Gasteiger partial charge on any atom is -0.423 e. The maximum atomic E-state index is 12.3. The van der Waals surface area contributed by atoms with Crippen LogP contribution in [-0.4, -0.2) is 15.9 Å². The van der Waals surface area contributed by atoms with Crippen LogP contribution in [0.15, 0.2) is 41.6 Å². The normalized spacial score (nSPS) is 11.2. The smallest absolute Gasteiger partial charge is 0.416 e. The number of esters is 1. The SMILES string of the molecule is O=C(Oc1ccc(C(F)(F)F)cc1)c1cnc[nH]c1=O. The molecule has 0 radical (unpaired) electrons. The van der Waals surface area contributed by atoms with E-state index >= 15 is 0 Å². The van der Waals surface area contributed by atoms with Gasteiger partial charge in [-0.3, -0.25) is 4.79 Å². The molecule has 1 aromatic heterocycles. The highest BCUT2D eigenvalue weighted by Gasteiger charge is 2.30. The fraction of sp³-hybridized carbons (Fsp3) is 0.0833. The maximum absolute atomic E-state index is 12.3. The van der Waals surface area contributed by atoms with E-state index in [0.29, 0.717) is 0 Å². The molecule has 0 aliphatic heterocycles. The van der Waals surface area contributed by atoms with E-state index < -0.39 is 23.3 Å². The molecule has 0 aliphatic rings. The minimum absolute atomic E-state index is 0.105. The largest absolute Gasteiger partial charge is 0.423 e. The Balaban J connectivity index is 2.17. The van der Waals surface area contributed by atoms with Gasteiger partial charge in [0.2, 0.25) is 0 Å². The van der Waals surface area contributed by atoms with Crippen molar-refractivity contribution in [2.75, 3.05) is 0 Å². The van der Waals surface area contributed by atoms with Crippen LogP contribution >= 0.6 is 0 Å². The van der Waals surface area contributed by atoms with Crippen LogP contribution in [0.4, 0.5) is 13.2 Å². The van der Waals surface area contributed by atoms with E-state index in [1.54, 1.807) is 0 Å². The fourth-order valence-corrected chi connectivity index (χ4v) is 1.36. The molecule has 0 unspecified atom stereocenters. The third kappa shape index (κ3) is 3.02. The topological polar surface area (TPSA) is 72.0 Å². The van der Waals surface area contributed by atoms with Gasteiger partial charge in [0, 0.05) is 6.20 Å². The summed E-state index contributed by atoms with van der Waals surface area (Å²) in [4.78, 5) is 28.6. The van der Waals surface area contributed by atoms with Crippen molar-refractivity contribution >= 4 is 5.97 Å². The summed E-state index contributed by atoms with van der Waals surface area (Å²) in [7, 11) is 0. The summed E-state index contributed by atoms with van der Waals surface area (Å²) in [5.74, 6) is -1.11. The second-order valence-corrected chi connectivity index (χ2v) is 3.71. The molecular weight excluding hydrogens is 277 g/mol. The van der Waals surface area contributed by atoms with Crippen molar-refractivity contribution in [2.45, 2.75) is 6.18 Å². The molecule has 104 valence electrons. The molecule has 1 aromatic carbocycles. The van der Waals surface area contributed by atoms with Gasteiger partial charge in [-0.25, -0.2) is 9.78 Å². The van der Waals surface area contributed by atoms with E-state index in [9.17, 15) is 22.8 Å². The summed E-state index contributed by atoms with van der Waals surface area (Å²) >= 11 is 0. The molecule has 1 heterocycles. The first-order valence-corrected chi connectivity index (χ1v) is 5.30. The average Bonchev–Trinajstić information content (AvgIpc) is 2.38. The quantitative estimate of drug-likeness (QED) is 0.676. The Labute approximate surface area is 110 Å². The number of nitrogens with one attached hydrogen (secondary N) is 1. The number of ether oxygens (including phenoxy) is 1. The van der Waals surface area contributed by atoms with Gasteiger partial charge in [-0.1, -0.05) is 0 Å². The lowest BCUT2D eigenvalue weighted by atomic mass is 10.2. The number of H-pyrrole nitrogens is 1. The van der Waals surface area contributed by atoms with E-state index in [2.05, 4.69) is 9.97 Å². The second kappa shape index (κ2) is 5.16. The number of aromatic amines is 1. The molecule has 2 rings (SSSR count). The highest BCUT2D eigenvalue weighted by atomic mass is 19.4. The lowest BCUT2D eigenvalue weighted by Gasteiger charge is -2.07. The molecule has 20 heavy (non-hydrogen) atoms. The highest BCUT2D eigenvalue weighted by molar-refractivity contribution is 5.90. The Hall–Kier alpha value is -2.64. The zero-order valence-corrected chi connectivity index (χ0v) is 9.77. The highest BCUT2D eigenvalue weighted by Crippen LogP contribution is 2.30. The van der Waals surface area contributed by atoms with Crippen molar-refractivity contribution in [2.24, 2.45) is 0 Å². The van der Waals surface area contributed by atoms with Crippen LogP contribution in [0.1, 0.15) is 15.9 Å². The molecule has 8 heteroatoms. The van der Waals surface area contributed by atoms with Gasteiger partial charge in [0.1, 0.15) is 11.3 Å². The molecule has 0 bridgehead atoms. The van der Waals surface area contributed by atoms with E-state index in [1.165, 1.54) is 0 Å². The Morgan fingerprint density at radius 1 is 1.20 bits per heavy atom. The number of carbonyl (C=O) groups is 1. The van der Waals surface area contributed by atoms with Crippen molar-refractivity contribution in [1.82, 2.24) is 9.97 Å². The lowest BCUT2D eigenvalue weighted by Crippen LogP contribution is -2.21. The third-order valence-electron chi connectivity index (χ3n) is 2.33. The van der Waals surface area contributed by atoms with Crippen molar-refractivity contribution in [1.29, 1.82) is 0 Å². The standard InChI is InChI=1S/C12H7F3N2O3/c13-12(14,15)7-1-3-8(4-2-7)20-11(19)9-5-16-6-17-10(9)18/h1-6H,(H,16,17,18). The van der Waals surface area contributed by atoms with Crippen LogP contribution in [0.3, 0.4) is 0 Å². The second-order valence-electron chi connectivity index (χ2n) is 3.71. The molecule has 0 spiro atoms. The molecule has 0 amide bonds. The number of carbonyl (C=O) groups excluding carboxylic acids is 1. The van der Waals surface area contributed by atoms with Gasteiger partial charge in [0.25, 0.3) is 5.56 Å². The third-order valence-corrected chi connectivity index (χ3v) is 2.33. The summed E-state index contributed by atoms with van der Waals surface area (Å²) in [5.41, 5.74) is -1.90. The lowest BCUT2D eigenvalue weighted by molar-refractivity contribution is -0.137. The van der Waals surface area contributed by atoms with E-state index in [1.807, 2.05) is 0 Å².